The van der Waals surface area contributed by atoms with Gasteiger partial charge in [-0.15, -0.1) is 0 Å². The maximum atomic E-state index is 12.8. The van der Waals surface area contributed by atoms with Crippen LogP contribution in [0.15, 0.2) is 39.9 Å². The molecule has 0 aliphatic heterocycles. The zero-order valence-electron chi connectivity index (χ0n) is 10.3. The van der Waals surface area contributed by atoms with Gasteiger partial charge in [0, 0.05) is 5.56 Å². The van der Waals surface area contributed by atoms with Crippen molar-refractivity contribution in [1.82, 2.24) is 4.98 Å². The van der Waals surface area contributed by atoms with Crippen LogP contribution in [0.5, 0.6) is 0 Å². The van der Waals surface area contributed by atoms with Crippen molar-refractivity contribution in [2.75, 3.05) is 0 Å². The lowest BCUT2D eigenvalue weighted by Crippen LogP contribution is -2.23. The van der Waals surface area contributed by atoms with E-state index in [0.717, 1.165) is 17.3 Å². The van der Waals surface area contributed by atoms with Crippen molar-refractivity contribution in [1.29, 1.82) is 5.41 Å². The van der Waals surface area contributed by atoms with Gasteiger partial charge in [0.1, 0.15) is 5.82 Å². The van der Waals surface area contributed by atoms with Crippen LogP contribution in [0.1, 0.15) is 5.89 Å². The first-order valence-corrected chi connectivity index (χ1v) is 6.55. The summed E-state index contributed by atoms with van der Waals surface area (Å²) in [6, 6.07) is 5.91. The Kier molecular flexibility index (Phi) is 4.36. The van der Waals surface area contributed by atoms with Gasteiger partial charge in [-0.1, -0.05) is 11.8 Å². The molecule has 0 aliphatic carbocycles. The number of nitrogens with zero attached hydrogens (tertiary/aromatic N) is 2. The van der Waals surface area contributed by atoms with Gasteiger partial charge >= 0.3 is 0 Å². The summed E-state index contributed by atoms with van der Waals surface area (Å²) < 4.78 is 18.3. The van der Waals surface area contributed by atoms with Crippen LogP contribution in [0.25, 0.3) is 11.3 Å². The topological polar surface area (TPSA) is 114 Å². The summed E-state index contributed by atoms with van der Waals surface area (Å²) in [4.78, 5) is 7.65. The van der Waals surface area contributed by atoms with Gasteiger partial charge in [-0.3, -0.25) is 5.41 Å². The third-order valence-corrected chi connectivity index (χ3v) is 3.00. The number of guanidine groups is 1. The summed E-state index contributed by atoms with van der Waals surface area (Å²) in [5.41, 5.74) is 11.0. The summed E-state index contributed by atoms with van der Waals surface area (Å²) in [5.74, 6) is 0.826. The Morgan fingerprint density at radius 1 is 1.35 bits per heavy atom. The van der Waals surface area contributed by atoms with Gasteiger partial charge < -0.3 is 15.9 Å². The SMILES string of the molecule is N=C(N=C(N)N)SCc1ncc(-c2ccc(F)cc2)o1. The highest BCUT2D eigenvalue weighted by atomic mass is 32.2. The predicted molar refractivity (Wildman–Crippen MR) is 76.7 cm³/mol. The minimum atomic E-state index is -0.310. The standard InChI is InChI=1S/C12H12FN5OS/c13-8-3-1-7(2-4-8)9-5-17-10(19-9)6-20-12(16)18-11(14)15/h1-5H,6H2,(H5,14,15,16,18). The van der Waals surface area contributed by atoms with E-state index in [2.05, 4.69) is 9.98 Å². The average molecular weight is 293 g/mol. The van der Waals surface area contributed by atoms with Crippen LogP contribution in [-0.2, 0) is 5.75 Å². The number of hydrogen-bond donors (Lipinski definition) is 3. The molecule has 0 unspecified atom stereocenters. The number of hydrogen-bond acceptors (Lipinski definition) is 4. The average Bonchev–Trinajstić information content (AvgIpc) is 2.85. The third-order valence-electron chi connectivity index (χ3n) is 2.25. The molecule has 0 atom stereocenters. The van der Waals surface area contributed by atoms with Gasteiger partial charge in [0.2, 0.25) is 5.89 Å². The minimum Gasteiger partial charge on any atom is -0.440 e. The number of thioether (sulfide) groups is 1. The number of amidine groups is 1. The number of oxazole rings is 1. The van der Waals surface area contributed by atoms with Gasteiger partial charge in [0.15, 0.2) is 16.9 Å². The van der Waals surface area contributed by atoms with Crippen LogP contribution in [0.3, 0.4) is 0 Å². The number of nitrogens with two attached hydrogens (primary N) is 2. The van der Waals surface area contributed by atoms with E-state index in [-0.39, 0.29) is 16.9 Å². The molecular weight excluding hydrogens is 281 g/mol. The normalized spacial score (nSPS) is 10.2. The molecule has 0 fully saturated rings. The largest absolute Gasteiger partial charge is 0.440 e. The van der Waals surface area contributed by atoms with E-state index in [1.807, 2.05) is 0 Å². The Hall–Kier alpha value is -2.35. The zero-order valence-corrected chi connectivity index (χ0v) is 11.2. The molecule has 1 aromatic carbocycles. The molecule has 104 valence electrons. The summed E-state index contributed by atoms with van der Waals surface area (Å²) in [6.45, 7) is 0. The van der Waals surface area contributed by atoms with Crippen LogP contribution in [0, 0.1) is 11.2 Å². The summed E-state index contributed by atoms with van der Waals surface area (Å²) in [5, 5.41) is 7.45. The van der Waals surface area contributed by atoms with E-state index >= 15 is 0 Å². The molecule has 8 heteroatoms. The lowest BCUT2D eigenvalue weighted by Gasteiger charge is -1.97. The van der Waals surface area contributed by atoms with Crippen molar-refractivity contribution in [3.63, 3.8) is 0 Å². The lowest BCUT2D eigenvalue weighted by molar-refractivity contribution is 0.530. The van der Waals surface area contributed by atoms with E-state index in [4.69, 9.17) is 21.3 Å². The molecule has 0 saturated heterocycles. The van der Waals surface area contributed by atoms with E-state index in [1.165, 1.54) is 12.1 Å². The fourth-order valence-corrected chi connectivity index (χ4v) is 1.97. The van der Waals surface area contributed by atoms with E-state index in [1.54, 1.807) is 18.3 Å². The zero-order chi connectivity index (χ0) is 14.5. The lowest BCUT2D eigenvalue weighted by atomic mass is 10.2. The highest BCUT2D eigenvalue weighted by Gasteiger charge is 2.08. The maximum absolute atomic E-state index is 12.8. The Labute approximate surface area is 118 Å². The highest BCUT2D eigenvalue weighted by molar-refractivity contribution is 8.13. The Morgan fingerprint density at radius 2 is 2.05 bits per heavy atom. The van der Waals surface area contributed by atoms with Crippen molar-refractivity contribution >= 4 is 22.9 Å². The van der Waals surface area contributed by atoms with Crippen molar-refractivity contribution < 1.29 is 8.81 Å². The molecule has 1 heterocycles. The molecule has 0 aliphatic rings. The van der Waals surface area contributed by atoms with E-state index < -0.39 is 0 Å². The fraction of sp³-hybridized carbons (Fsp3) is 0.0833. The second-order valence-electron chi connectivity index (χ2n) is 3.76. The summed E-state index contributed by atoms with van der Waals surface area (Å²) in [7, 11) is 0. The van der Waals surface area contributed by atoms with Crippen LogP contribution < -0.4 is 11.5 Å². The molecule has 0 amide bonds. The fourth-order valence-electron chi connectivity index (χ4n) is 1.40. The number of benzene rings is 1. The monoisotopic (exact) mass is 293 g/mol. The Morgan fingerprint density at radius 3 is 2.70 bits per heavy atom. The predicted octanol–water partition coefficient (Wildman–Crippen LogP) is 1.92. The second-order valence-corrected chi connectivity index (χ2v) is 4.72. The number of aromatic nitrogens is 1. The maximum Gasteiger partial charge on any atom is 0.205 e. The Bertz CT molecular complexity index is 634. The van der Waals surface area contributed by atoms with Gasteiger partial charge in [-0.05, 0) is 24.3 Å². The molecule has 20 heavy (non-hydrogen) atoms. The van der Waals surface area contributed by atoms with Crippen LogP contribution in [-0.4, -0.2) is 16.1 Å². The number of nitrogens with one attached hydrogen (secondary N) is 1. The highest BCUT2D eigenvalue weighted by Crippen LogP contribution is 2.22. The van der Waals surface area contributed by atoms with Gasteiger partial charge in [-0.25, -0.2) is 9.37 Å². The van der Waals surface area contributed by atoms with Crippen molar-refractivity contribution in [2.24, 2.45) is 16.5 Å². The third kappa shape index (κ3) is 3.82. The van der Waals surface area contributed by atoms with Crippen molar-refractivity contribution in [3.05, 3.63) is 42.2 Å². The summed E-state index contributed by atoms with van der Waals surface area (Å²) >= 11 is 1.09. The van der Waals surface area contributed by atoms with E-state index in [0.29, 0.717) is 17.4 Å². The van der Waals surface area contributed by atoms with Crippen LogP contribution in [0.4, 0.5) is 4.39 Å². The first-order valence-electron chi connectivity index (χ1n) is 5.56. The molecule has 5 N–H and O–H groups in total. The number of aliphatic imine (C=N–C) groups is 1. The van der Waals surface area contributed by atoms with Crippen LogP contribution >= 0.6 is 11.8 Å². The first kappa shape index (κ1) is 14.1. The molecule has 1 aromatic heterocycles. The van der Waals surface area contributed by atoms with Crippen LogP contribution in [0.2, 0.25) is 0 Å². The Balaban J connectivity index is 2.01. The van der Waals surface area contributed by atoms with Gasteiger partial charge in [0.05, 0.1) is 11.9 Å². The quantitative estimate of drug-likeness (QED) is 0.591. The first-order chi connectivity index (χ1) is 9.54. The molecule has 2 rings (SSSR count). The minimum absolute atomic E-state index is 0.0217. The van der Waals surface area contributed by atoms with Crippen molar-refractivity contribution in [3.8, 4) is 11.3 Å². The molecule has 0 bridgehead atoms. The van der Waals surface area contributed by atoms with Gasteiger partial charge in [0.25, 0.3) is 0 Å². The summed E-state index contributed by atoms with van der Waals surface area (Å²) in [6.07, 6.45) is 1.55. The molecular formula is C12H12FN5OS. The number of halogens is 1. The van der Waals surface area contributed by atoms with Crippen molar-refractivity contribution in [2.45, 2.75) is 5.75 Å². The molecule has 2 aromatic rings. The molecule has 0 spiro atoms. The molecule has 0 radical (unpaired) electrons. The van der Waals surface area contributed by atoms with E-state index in [9.17, 15) is 4.39 Å². The smallest absolute Gasteiger partial charge is 0.205 e. The van der Waals surface area contributed by atoms with Gasteiger partial charge in [-0.2, -0.15) is 4.99 Å². The molecule has 0 saturated carbocycles. The number of rotatable bonds is 3. The molecule has 6 nitrogen and oxygen atoms in total. The second kappa shape index (κ2) is 6.20.